The Morgan fingerprint density at radius 2 is 1.77 bits per heavy atom. The van der Waals surface area contributed by atoms with Gasteiger partial charge < -0.3 is 9.30 Å². The van der Waals surface area contributed by atoms with Gasteiger partial charge in [0.15, 0.2) is 0 Å². The molecule has 1 aromatic heterocycles. The number of pyridine rings is 1. The fourth-order valence-electron chi connectivity index (χ4n) is 1.83. The Hall–Kier alpha value is -1.95. The number of aromatic nitrogens is 1. The lowest BCUT2D eigenvalue weighted by Gasteiger charge is -2.11. The maximum Gasteiger partial charge on any atom is 0.417 e. The molecule has 0 unspecified atom stereocenters. The van der Waals surface area contributed by atoms with Crippen LogP contribution in [0.2, 0.25) is 5.02 Å². The van der Waals surface area contributed by atoms with E-state index in [9.17, 15) is 18.0 Å². The van der Waals surface area contributed by atoms with Gasteiger partial charge in [-0.1, -0.05) is 11.6 Å². The highest BCUT2D eigenvalue weighted by atomic mass is 35.5. The molecule has 0 N–H and O–H groups in total. The van der Waals surface area contributed by atoms with E-state index >= 15 is 0 Å². The number of alkyl halides is 3. The van der Waals surface area contributed by atoms with Gasteiger partial charge in [0.2, 0.25) is 0 Å². The Morgan fingerprint density at radius 3 is 2.41 bits per heavy atom. The Labute approximate surface area is 129 Å². The molecule has 0 bridgehead atoms. The third-order valence-electron chi connectivity index (χ3n) is 2.94. The first-order chi connectivity index (χ1) is 10.4. The molecular formula is C15H13ClF3NO2. The zero-order valence-electron chi connectivity index (χ0n) is 11.4. The number of halogens is 4. The molecule has 1 heterocycles. The van der Waals surface area contributed by atoms with Crippen molar-refractivity contribution in [1.82, 2.24) is 4.57 Å². The van der Waals surface area contributed by atoms with Gasteiger partial charge in [-0.15, -0.1) is 0 Å². The lowest BCUT2D eigenvalue weighted by Crippen LogP contribution is -2.22. The normalized spacial score (nSPS) is 11.5. The summed E-state index contributed by atoms with van der Waals surface area (Å²) in [6.45, 7) is 0.431. The zero-order chi connectivity index (χ0) is 16.2. The van der Waals surface area contributed by atoms with E-state index in [0.29, 0.717) is 17.2 Å². The molecular weight excluding hydrogens is 319 g/mol. The highest BCUT2D eigenvalue weighted by Crippen LogP contribution is 2.28. The molecule has 2 rings (SSSR count). The van der Waals surface area contributed by atoms with Crippen molar-refractivity contribution in [2.45, 2.75) is 19.1 Å². The molecule has 0 aliphatic rings. The summed E-state index contributed by atoms with van der Waals surface area (Å²) in [4.78, 5) is 11.5. The van der Waals surface area contributed by atoms with Gasteiger partial charge >= 0.3 is 6.18 Å². The Balaban J connectivity index is 1.91. The quantitative estimate of drug-likeness (QED) is 0.776. The van der Waals surface area contributed by atoms with Crippen LogP contribution in [0.5, 0.6) is 5.75 Å². The molecule has 0 radical (unpaired) electrons. The second-order valence-corrected chi connectivity index (χ2v) is 5.04. The number of benzene rings is 1. The molecule has 0 aliphatic heterocycles. The van der Waals surface area contributed by atoms with E-state index in [1.807, 2.05) is 0 Å². The van der Waals surface area contributed by atoms with Gasteiger partial charge in [-0.05, 0) is 36.8 Å². The van der Waals surface area contributed by atoms with Gasteiger partial charge in [-0.3, -0.25) is 4.79 Å². The molecule has 1 aromatic carbocycles. The van der Waals surface area contributed by atoms with Gasteiger partial charge in [0.25, 0.3) is 5.56 Å². The lowest BCUT2D eigenvalue weighted by atomic mass is 10.2. The van der Waals surface area contributed by atoms with Crippen molar-refractivity contribution in [3.05, 3.63) is 63.5 Å². The smallest absolute Gasteiger partial charge is 0.417 e. The van der Waals surface area contributed by atoms with Crippen LogP contribution in [0.1, 0.15) is 12.0 Å². The van der Waals surface area contributed by atoms with E-state index in [0.717, 1.165) is 22.9 Å². The maximum atomic E-state index is 12.6. The molecule has 0 saturated heterocycles. The van der Waals surface area contributed by atoms with E-state index < -0.39 is 17.3 Å². The summed E-state index contributed by atoms with van der Waals surface area (Å²) in [7, 11) is 0. The molecule has 0 spiro atoms. The maximum absolute atomic E-state index is 12.6. The lowest BCUT2D eigenvalue weighted by molar-refractivity contribution is -0.138. The predicted molar refractivity (Wildman–Crippen MR) is 77.3 cm³/mol. The summed E-state index contributed by atoms with van der Waals surface area (Å²) in [5.41, 5.74) is -1.31. The minimum Gasteiger partial charge on any atom is -0.494 e. The first-order valence-corrected chi connectivity index (χ1v) is 6.90. The van der Waals surface area contributed by atoms with Crippen molar-refractivity contribution in [2.75, 3.05) is 6.61 Å². The van der Waals surface area contributed by atoms with Crippen LogP contribution in [0.4, 0.5) is 13.2 Å². The van der Waals surface area contributed by atoms with Crippen LogP contribution in [0.25, 0.3) is 0 Å². The Morgan fingerprint density at radius 1 is 1.09 bits per heavy atom. The summed E-state index contributed by atoms with van der Waals surface area (Å²) < 4.78 is 44.2. The third kappa shape index (κ3) is 4.53. The van der Waals surface area contributed by atoms with Crippen LogP contribution >= 0.6 is 11.6 Å². The summed E-state index contributed by atoms with van der Waals surface area (Å²) in [5.74, 6) is 0.612. The first-order valence-electron chi connectivity index (χ1n) is 6.52. The molecule has 118 valence electrons. The van der Waals surface area contributed by atoms with Crippen LogP contribution in [0.15, 0.2) is 47.4 Å². The van der Waals surface area contributed by atoms with Crippen molar-refractivity contribution < 1.29 is 17.9 Å². The van der Waals surface area contributed by atoms with E-state index in [-0.39, 0.29) is 13.2 Å². The van der Waals surface area contributed by atoms with Gasteiger partial charge in [0.1, 0.15) is 5.75 Å². The van der Waals surface area contributed by atoms with E-state index in [2.05, 4.69) is 0 Å². The van der Waals surface area contributed by atoms with Crippen LogP contribution in [-0.4, -0.2) is 11.2 Å². The number of nitrogens with zero attached hydrogens (tertiary/aromatic N) is 1. The minimum atomic E-state index is -4.46. The molecule has 0 saturated carbocycles. The standard InChI is InChI=1S/C15H13ClF3NO2/c16-12-3-5-13(6-4-12)22-9-1-8-20-10-11(15(17,18)19)2-7-14(20)21/h2-7,10H,1,8-9H2. The minimum absolute atomic E-state index is 0.149. The van der Waals surface area contributed by atoms with Crippen molar-refractivity contribution in [2.24, 2.45) is 0 Å². The highest BCUT2D eigenvalue weighted by molar-refractivity contribution is 6.30. The number of hydrogen-bond acceptors (Lipinski definition) is 2. The summed E-state index contributed by atoms with van der Waals surface area (Å²) in [6, 6.07) is 8.44. The summed E-state index contributed by atoms with van der Waals surface area (Å²) >= 11 is 5.74. The second-order valence-electron chi connectivity index (χ2n) is 4.60. The molecule has 0 fully saturated rings. The van der Waals surface area contributed by atoms with Crippen LogP contribution in [0, 0.1) is 0 Å². The fourth-order valence-corrected chi connectivity index (χ4v) is 1.96. The Kier molecular flexibility index (Phi) is 5.13. The molecule has 2 aromatic rings. The molecule has 0 atom stereocenters. The van der Waals surface area contributed by atoms with Gasteiger partial charge in [-0.25, -0.2) is 0 Å². The molecule has 0 aliphatic carbocycles. The second kappa shape index (κ2) is 6.87. The highest BCUT2D eigenvalue weighted by Gasteiger charge is 2.30. The van der Waals surface area contributed by atoms with Gasteiger partial charge in [0.05, 0.1) is 12.2 Å². The van der Waals surface area contributed by atoms with E-state index in [4.69, 9.17) is 16.3 Å². The van der Waals surface area contributed by atoms with Crippen LogP contribution in [-0.2, 0) is 12.7 Å². The molecule has 22 heavy (non-hydrogen) atoms. The molecule has 7 heteroatoms. The number of aryl methyl sites for hydroxylation is 1. The number of rotatable bonds is 5. The van der Waals surface area contributed by atoms with Gasteiger partial charge in [0, 0.05) is 23.8 Å². The monoisotopic (exact) mass is 331 g/mol. The topological polar surface area (TPSA) is 31.2 Å². The van der Waals surface area contributed by atoms with Gasteiger partial charge in [-0.2, -0.15) is 13.2 Å². The average Bonchev–Trinajstić information content (AvgIpc) is 2.46. The summed E-state index contributed by atoms with van der Waals surface area (Å²) in [6.07, 6.45) is -3.23. The Bertz CT molecular complexity index is 680. The SMILES string of the molecule is O=c1ccc(C(F)(F)F)cn1CCCOc1ccc(Cl)cc1. The first kappa shape index (κ1) is 16.4. The zero-order valence-corrected chi connectivity index (χ0v) is 12.2. The van der Waals surface area contributed by atoms with Crippen molar-refractivity contribution in [3.63, 3.8) is 0 Å². The largest absolute Gasteiger partial charge is 0.494 e. The fraction of sp³-hybridized carbons (Fsp3) is 0.267. The van der Waals surface area contributed by atoms with E-state index in [1.165, 1.54) is 0 Å². The van der Waals surface area contributed by atoms with E-state index in [1.54, 1.807) is 24.3 Å². The molecule has 3 nitrogen and oxygen atoms in total. The molecule has 0 amide bonds. The summed E-state index contributed by atoms with van der Waals surface area (Å²) in [5, 5.41) is 0.586. The van der Waals surface area contributed by atoms with Crippen molar-refractivity contribution in [3.8, 4) is 5.75 Å². The average molecular weight is 332 g/mol. The van der Waals surface area contributed by atoms with Crippen molar-refractivity contribution >= 4 is 11.6 Å². The van der Waals surface area contributed by atoms with Crippen LogP contribution < -0.4 is 10.3 Å². The number of ether oxygens (including phenoxy) is 1. The number of hydrogen-bond donors (Lipinski definition) is 0. The predicted octanol–water partition coefficient (Wildman–Crippen LogP) is 3.99. The van der Waals surface area contributed by atoms with Crippen LogP contribution in [0.3, 0.4) is 0 Å². The van der Waals surface area contributed by atoms with Crippen molar-refractivity contribution in [1.29, 1.82) is 0 Å². The third-order valence-corrected chi connectivity index (χ3v) is 3.19.